The van der Waals surface area contributed by atoms with Crippen LogP contribution in [0.1, 0.15) is 45.4 Å². The maximum atomic E-state index is 5.61. The highest BCUT2D eigenvalue weighted by atomic mass is 16.5. The number of ether oxygens (including phenoxy) is 1. The third-order valence-corrected chi connectivity index (χ3v) is 2.96. The Morgan fingerprint density at radius 1 is 0.889 bits per heavy atom. The van der Waals surface area contributed by atoms with Gasteiger partial charge in [-0.15, -0.1) is 0 Å². The zero-order valence-corrected chi connectivity index (χ0v) is 11.7. The van der Waals surface area contributed by atoms with Crippen LogP contribution in [0.15, 0.2) is 30.3 Å². The Kier molecular flexibility index (Phi) is 9.27. The van der Waals surface area contributed by atoms with Crippen LogP contribution in [0.3, 0.4) is 0 Å². The fourth-order valence-electron chi connectivity index (χ4n) is 1.87. The Hall–Kier alpha value is -1.02. The second kappa shape index (κ2) is 11.1. The van der Waals surface area contributed by atoms with Crippen molar-refractivity contribution in [3.63, 3.8) is 0 Å². The summed E-state index contributed by atoms with van der Waals surface area (Å²) < 4.78 is 5.61. The van der Waals surface area contributed by atoms with Crippen molar-refractivity contribution >= 4 is 5.69 Å². The summed E-state index contributed by atoms with van der Waals surface area (Å²) in [5, 5.41) is 3.38. The number of para-hydroxylation sites is 1. The van der Waals surface area contributed by atoms with Crippen LogP contribution in [-0.2, 0) is 4.74 Å². The minimum Gasteiger partial charge on any atom is -0.385 e. The van der Waals surface area contributed by atoms with Crippen LogP contribution < -0.4 is 5.32 Å². The summed E-state index contributed by atoms with van der Waals surface area (Å²) in [6.07, 6.45) is 7.63. The van der Waals surface area contributed by atoms with Gasteiger partial charge in [0.15, 0.2) is 0 Å². The third-order valence-electron chi connectivity index (χ3n) is 2.96. The first-order valence-corrected chi connectivity index (χ1v) is 7.30. The van der Waals surface area contributed by atoms with Gasteiger partial charge in [-0.2, -0.15) is 0 Å². The summed E-state index contributed by atoms with van der Waals surface area (Å²) in [5.41, 5.74) is 1.19. The van der Waals surface area contributed by atoms with E-state index in [4.69, 9.17) is 4.74 Å². The van der Waals surface area contributed by atoms with E-state index in [2.05, 4.69) is 36.5 Å². The van der Waals surface area contributed by atoms with Gasteiger partial charge in [-0.05, 0) is 25.0 Å². The lowest BCUT2D eigenvalue weighted by atomic mass is 10.2. The van der Waals surface area contributed by atoms with Crippen molar-refractivity contribution in [3.05, 3.63) is 30.3 Å². The number of rotatable bonds is 11. The molecule has 0 amide bonds. The predicted molar refractivity (Wildman–Crippen MR) is 79.1 cm³/mol. The number of unbranched alkanes of at least 4 members (excludes halogenated alkanes) is 4. The van der Waals surface area contributed by atoms with Crippen molar-refractivity contribution in [2.75, 3.05) is 25.1 Å². The molecule has 1 aromatic rings. The molecule has 0 aliphatic carbocycles. The van der Waals surface area contributed by atoms with Crippen molar-refractivity contribution in [2.24, 2.45) is 0 Å². The van der Waals surface area contributed by atoms with Crippen LogP contribution in [0.25, 0.3) is 0 Å². The van der Waals surface area contributed by atoms with E-state index in [1.54, 1.807) is 0 Å². The number of anilines is 1. The van der Waals surface area contributed by atoms with E-state index < -0.39 is 0 Å². The number of nitrogens with one attached hydrogen (secondary N) is 1. The summed E-state index contributed by atoms with van der Waals surface area (Å²) >= 11 is 0. The number of hydrogen-bond donors (Lipinski definition) is 1. The fourth-order valence-corrected chi connectivity index (χ4v) is 1.87. The molecule has 0 saturated carbocycles. The first kappa shape index (κ1) is 15.0. The molecule has 0 fully saturated rings. The maximum absolute atomic E-state index is 5.61. The summed E-state index contributed by atoms with van der Waals surface area (Å²) in [4.78, 5) is 0. The molecule has 1 aromatic carbocycles. The molecule has 2 nitrogen and oxygen atoms in total. The summed E-state index contributed by atoms with van der Waals surface area (Å²) in [5.74, 6) is 0. The quantitative estimate of drug-likeness (QED) is 0.584. The first-order chi connectivity index (χ1) is 8.93. The predicted octanol–water partition coefficient (Wildman–Crippen LogP) is 4.48. The summed E-state index contributed by atoms with van der Waals surface area (Å²) in [7, 11) is 0. The highest BCUT2D eigenvalue weighted by Gasteiger charge is 1.92. The highest BCUT2D eigenvalue weighted by Crippen LogP contribution is 2.05. The van der Waals surface area contributed by atoms with Crippen LogP contribution in [-0.4, -0.2) is 19.8 Å². The molecule has 0 radical (unpaired) electrons. The molecule has 1 N–H and O–H groups in total. The van der Waals surface area contributed by atoms with Crippen molar-refractivity contribution < 1.29 is 4.74 Å². The van der Waals surface area contributed by atoms with Gasteiger partial charge < -0.3 is 10.1 Å². The monoisotopic (exact) mass is 249 g/mol. The molecule has 0 atom stereocenters. The van der Waals surface area contributed by atoms with Crippen LogP contribution in [0, 0.1) is 0 Å². The molecule has 0 aliphatic heterocycles. The molecule has 102 valence electrons. The molecular weight excluding hydrogens is 222 g/mol. The van der Waals surface area contributed by atoms with E-state index in [1.807, 2.05) is 6.07 Å². The second-order valence-corrected chi connectivity index (χ2v) is 4.67. The smallest absolute Gasteiger partial charge is 0.0482 e. The van der Waals surface area contributed by atoms with Crippen molar-refractivity contribution in [1.29, 1.82) is 0 Å². The molecule has 0 heterocycles. The van der Waals surface area contributed by atoms with Gasteiger partial charge in [0.05, 0.1) is 0 Å². The average Bonchev–Trinajstić information content (AvgIpc) is 2.42. The summed E-state index contributed by atoms with van der Waals surface area (Å²) in [6.45, 7) is 5.03. The molecule has 0 aliphatic rings. The molecule has 18 heavy (non-hydrogen) atoms. The van der Waals surface area contributed by atoms with Crippen LogP contribution >= 0.6 is 0 Å². The largest absolute Gasteiger partial charge is 0.385 e. The Morgan fingerprint density at radius 3 is 2.39 bits per heavy atom. The van der Waals surface area contributed by atoms with Gasteiger partial charge in [0.2, 0.25) is 0 Å². The van der Waals surface area contributed by atoms with Gasteiger partial charge in [0, 0.05) is 25.4 Å². The molecule has 1 rings (SSSR count). The molecule has 0 aromatic heterocycles. The first-order valence-electron chi connectivity index (χ1n) is 7.30. The molecule has 0 bridgehead atoms. The summed E-state index contributed by atoms with van der Waals surface area (Å²) in [6, 6.07) is 10.3. The average molecular weight is 249 g/mol. The Balaban J connectivity index is 1.82. The van der Waals surface area contributed by atoms with E-state index in [1.165, 1.54) is 37.8 Å². The second-order valence-electron chi connectivity index (χ2n) is 4.67. The standard InChI is InChI=1S/C16H27NO/c1-2-3-4-5-9-14-18-15-10-13-17-16-11-7-6-8-12-16/h6-8,11-12,17H,2-5,9-10,13-15H2,1H3. The molecule has 0 saturated heterocycles. The molecule has 2 heteroatoms. The zero-order valence-electron chi connectivity index (χ0n) is 11.7. The SMILES string of the molecule is CCCCCCCOCCCNc1ccccc1. The lowest BCUT2D eigenvalue weighted by Gasteiger charge is -2.07. The Morgan fingerprint density at radius 2 is 1.61 bits per heavy atom. The Labute approximate surface area is 112 Å². The van der Waals surface area contributed by atoms with E-state index in [-0.39, 0.29) is 0 Å². The normalized spacial score (nSPS) is 10.5. The fraction of sp³-hybridized carbons (Fsp3) is 0.625. The van der Waals surface area contributed by atoms with Gasteiger partial charge in [-0.1, -0.05) is 50.8 Å². The van der Waals surface area contributed by atoms with Crippen LogP contribution in [0.2, 0.25) is 0 Å². The minimum atomic E-state index is 0.869. The number of benzene rings is 1. The molecular formula is C16H27NO. The van der Waals surface area contributed by atoms with Crippen molar-refractivity contribution in [2.45, 2.75) is 45.4 Å². The van der Waals surface area contributed by atoms with Gasteiger partial charge >= 0.3 is 0 Å². The van der Waals surface area contributed by atoms with E-state index in [9.17, 15) is 0 Å². The number of hydrogen-bond acceptors (Lipinski definition) is 2. The van der Waals surface area contributed by atoms with Gasteiger partial charge in [-0.25, -0.2) is 0 Å². The molecule has 0 unspecified atom stereocenters. The van der Waals surface area contributed by atoms with E-state index in [0.29, 0.717) is 0 Å². The van der Waals surface area contributed by atoms with Gasteiger partial charge in [0.25, 0.3) is 0 Å². The van der Waals surface area contributed by atoms with E-state index in [0.717, 1.165) is 26.2 Å². The lowest BCUT2D eigenvalue weighted by molar-refractivity contribution is 0.129. The van der Waals surface area contributed by atoms with E-state index >= 15 is 0 Å². The minimum absolute atomic E-state index is 0.869. The zero-order chi connectivity index (χ0) is 12.9. The lowest BCUT2D eigenvalue weighted by Crippen LogP contribution is -2.06. The van der Waals surface area contributed by atoms with Gasteiger partial charge in [0.1, 0.15) is 0 Å². The van der Waals surface area contributed by atoms with Gasteiger partial charge in [-0.3, -0.25) is 0 Å². The van der Waals surface area contributed by atoms with Crippen molar-refractivity contribution in [3.8, 4) is 0 Å². The maximum Gasteiger partial charge on any atom is 0.0482 e. The van der Waals surface area contributed by atoms with Crippen molar-refractivity contribution in [1.82, 2.24) is 0 Å². The highest BCUT2D eigenvalue weighted by molar-refractivity contribution is 5.42. The van der Waals surface area contributed by atoms with Crippen LogP contribution in [0.5, 0.6) is 0 Å². The molecule has 0 spiro atoms. The Bertz CT molecular complexity index is 274. The third kappa shape index (κ3) is 8.13. The topological polar surface area (TPSA) is 21.3 Å². The van der Waals surface area contributed by atoms with Crippen LogP contribution in [0.4, 0.5) is 5.69 Å².